The van der Waals surface area contributed by atoms with Gasteiger partial charge in [-0.2, -0.15) is 5.26 Å². The molecule has 0 radical (unpaired) electrons. The molecule has 0 saturated heterocycles. The largest absolute Gasteiger partial charge is 0.493 e. The molecule has 0 heterocycles. The molecule has 6 heteroatoms. The average Bonchev–Trinajstić information content (AvgIpc) is 2.54. The number of unbranched alkanes of at least 4 members (excludes halogenated alkanes) is 1. The molecule has 0 aliphatic carbocycles. The number of hydrogen-bond acceptors (Lipinski definition) is 5. The summed E-state index contributed by atoms with van der Waals surface area (Å²) in [6, 6.07) is 5.33. The van der Waals surface area contributed by atoms with Crippen molar-refractivity contribution in [2.45, 2.75) is 26.7 Å². The van der Waals surface area contributed by atoms with Crippen LogP contribution in [0.15, 0.2) is 22.2 Å². The number of esters is 1. The highest BCUT2D eigenvalue weighted by molar-refractivity contribution is 9.10. The van der Waals surface area contributed by atoms with Gasteiger partial charge in [0.1, 0.15) is 11.6 Å². The Kier molecular flexibility index (Phi) is 8.20. The number of halogens is 1. The maximum absolute atomic E-state index is 11.9. The molecule has 0 spiro atoms. The molecule has 23 heavy (non-hydrogen) atoms. The summed E-state index contributed by atoms with van der Waals surface area (Å²) in [5, 5.41) is 9.16. The molecule has 1 aromatic carbocycles. The van der Waals surface area contributed by atoms with Gasteiger partial charge in [0.25, 0.3) is 0 Å². The minimum atomic E-state index is -0.620. The SMILES string of the molecule is CCCCOC(=O)/C(C#N)=C/c1cc(Br)c(OCC)c(OC)c1. The van der Waals surface area contributed by atoms with Crippen LogP contribution in [0.3, 0.4) is 0 Å². The third kappa shape index (κ3) is 5.61. The number of hydrogen-bond donors (Lipinski definition) is 0. The van der Waals surface area contributed by atoms with Gasteiger partial charge in [0.15, 0.2) is 11.5 Å². The Bertz CT molecular complexity index is 620. The van der Waals surface area contributed by atoms with Crippen molar-refractivity contribution in [3.05, 3.63) is 27.7 Å². The number of nitrogens with zero attached hydrogens (tertiary/aromatic N) is 1. The summed E-state index contributed by atoms with van der Waals surface area (Å²) in [5.41, 5.74) is 0.584. The van der Waals surface area contributed by atoms with Crippen molar-refractivity contribution >= 4 is 28.0 Å². The minimum Gasteiger partial charge on any atom is -0.493 e. The summed E-state index contributed by atoms with van der Waals surface area (Å²) >= 11 is 3.41. The zero-order valence-corrected chi connectivity index (χ0v) is 15.1. The van der Waals surface area contributed by atoms with Crippen LogP contribution >= 0.6 is 15.9 Å². The van der Waals surface area contributed by atoms with Gasteiger partial charge in [0.2, 0.25) is 0 Å². The second-order valence-corrected chi connectivity index (χ2v) is 5.48. The van der Waals surface area contributed by atoms with Gasteiger partial charge >= 0.3 is 5.97 Å². The molecule has 0 bridgehead atoms. The predicted molar refractivity (Wildman–Crippen MR) is 91.3 cm³/mol. The zero-order chi connectivity index (χ0) is 17.2. The first-order valence-corrected chi connectivity index (χ1v) is 8.15. The summed E-state index contributed by atoms with van der Waals surface area (Å²) in [7, 11) is 1.53. The van der Waals surface area contributed by atoms with Crippen LogP contribution in [-0.2, 0) is 9.53 Å². The Labute approximate surface area is 145 Å². The van der Waals surface area contributed by atoms with E-state index in [2.05, 4.69) is 15.9 Å². The molecule has 0 saturated carbocycles. The van der Waals surface area contributed by atoms with Crippen molar-refractivity contribution in [2.24, 2.45) is 0 Å². The maximum Gasteiger partial charge on any atom is 0.348 e. The third-order valence-electron chi connectivity index (χ3n) is 2.92. The first-order valence-electron chi connectivity index (χ1n) is 7.36. The highest BCUT2D eigenvalue weighted by Crippen LogP contribution is 2.37. The molecule has 5 nitrogen and oxygen atoms in total. The maximum atomic E-state index is 11.9. The molecular formula is C17H20BrNO4. The molecule has 0 atom stereocenters. The smallest absolute Gasteiger partial charge is 0.348 e. The fourth-order valence-corrected chi connectivity index (χ4v) is 2.37. The van der Waals surface area contributed by atoms with Crippen molar-refractivity contribution in [3.63, 3.8) is 0 Å². The summed E-state index contributed by atoms with van der Waals surface area (Å²) in [4.78, 5) is 11.9. The third-order valence-corrected chi connectivity index (χ3v) is 3.51. The van der Waals surface area contributed by atoms with Crippen LogP contribution in [-0.4, -0.2) is 26.3 Å². The van der Waals surface area contributed by atoms with E-state index in [0.29, 0.717) is 34.7 Å². The second-order valence-electron chi connectivity index (χ2n) is 4.63. The highest BCUT2D eigenvalue weighted by atomic mass is 79.9. The van der Waals surface area contributed by atoms with Crippen LogP contribution in [0.5, 0.6) is 11.5 Å². The number of methoxy groups -OCH3 is 1. The summed E-state index contributed by atoms with van der Waals surface area (Å²) in [5.74, 6) is 0.477. The van der Waals surface area contributed by atoms with Gasteiger partial charge in [0.05, 0.1) is 24.8 Å². The van der Waals surface area contributed by atoms with E-state index in [4.69, 9.17) is 19.5 Å². The van der Waals surface area contributed by atoms with Gasteiger partial charge in [-0.3, -0.25) is 0 Å². The van der Waals surface area contributed by atoms with E-state index < -0.39 is 5.97 Å². The Morgan fingerprint density at radius 2 is 2.13 bits per heavy atom. The zero-order valence-electron chi connectivity index (χ0n) is 13.5. The van der Waals surface area contributed by atoms with Crippen LogP contribution in [0.4, 0.5) is 0 Å². The lowest BCUT2D eigenvalue weighted by atomic mass is 10.1. The Hall–Kier alpha value is -2.00. The van der Waals surface area contributed by atoms with E-state index in [9.17, 15) is 4.79 Å². The first kappa shape index (κ1) is 19.0. The number of ether oxygens (including phenoxy) is 3. The van der Waals surface area contributed by atoms with E-state index in [1.54, 1.807) is 12.1 Å². The first-order chi connectivity index (χ1) is 11.1. The monoisotopic (exact) mass is 381 g/mol. The fourth-order valence-electron chi connectivity index (χ4n) is 1.80. The number of nitriles is 1. The van der Waals surface area contributed by atoms with E-state index in [1.807, 2.05) is 19.9 Å². The molecule has 0 fully saturated rings. The van der Waals surface area contributed by atoms with Gasteiger partial charge in [-0.15, -0.1) is 0 Å². The van der Waals surface area contributed by atoms with Crippen molar-refractivity contribution < 1.29 is 19.0 Å². The molecular weight excluding hydrogens is 362 g/mol. The lowest BCUT2D eigenvalue weighted by molar-refractivity contribution is -0.138. The van der Waals surface area contributed by atoms with Crippen molar-refractivity contribution in [3.8, 4) is 17.6 Å². The van der Waals surface area contributed by atoms with E-state index >= 15 is 0 Å². The molecule has 0 amide bonds. The Morgan fingerprint density at radius 3 is 2.70 bits per heavy atom. The molecule has 124 valence electrons. The fraction of sp³-hybridized carbons (Fsp3) is 0.412. The molecule has 0 unspecified atom stereocenters. The lowest BCUT2D eigenvalue weighted by Gasteiger charge is -2.12. The summed E-state index contributed by atoms with van der Waals surface area (Å²) in [6.07, 6.45) is 3.16. The quantitative estimate of drug-likeness (QED) is 0.293. The van der Waals surface area contributed by atoms with Crippen molar-refractivity contribution in [1.29, 1.82) is 5.26 Å². The molecule has 0 N–H and O–H groups in total. The molecule has 1 rings (SSSR count). The lowest BCUT2D eigenvalue weighted by Crippen LogP contribution is -2.07. The van der Waals surface area contributed by atoms with Gasteiger partial charge < -0.3 is 14.2 Å². The topological polar surface area (TPSA) is 68.6 Å². The van der Waals surface area contributed by atoms with E-state index in [0.717, 1.165) is 12.8 Å². The van der Waals surface area contributed by atoms with Gasteiger partial charge in [-0.1, -0.05) is 13.3 Å². The highest BCUT2D eigenvalue weighted by Gasteiger charge is 2.14. The van der Waals surface area contributed by atoms with E-state index in [1.165, 1.54) is 13.2 Å². The van der Waals surface area contributed by atoms with Gasteiger partial charge in [-0.25, -0.2) is 4.79 Å². The standard InChI is InChI=1S/C17H20BrNO4/c1-4-6-7-23-17(20)13(11-19)8-12-9-14(18)16(22-5-2)15(10-12)21-3/h8-10H,4-7H2,1-3H3/b13-8+. The van der Waals surface area contributed by atoms with Crippen LogP contribution in [0, 0.1) is 11.3 Å². The Morgan fingerprint density at radius 1 is 1.39 bits per heavy atom. The predicted octanol–water partition coefficient (Wildman–Crippen LogP) is 4.11. The van der Waals surface area contributed by atoms with Crippen molar-refractivity contribution in [2.75, 3.05) is 20.3 Å². The van der Waals surface area contributed by atoms with Gasteiger partial charge in [-0.05, 0) is 53.0 Å². The number of benzene rings is 1. The minimum absolute atomic E-state index is 0.0563. The van der Waals surface area contributed by atoms with E-state index in [-0.39, 0.29) is 5.57 Å². The Balaban J connectivity index is 3.07. The average molecular weight is 382 g/mol. The number of carbonyl (C=O) groups is 1. The molecule has 0 aromatic heterocycles. The normalized spacial score (nSPS) is 10.8. The number of carbonyl (C=O) groups excluding carboxylic acids is 1. The second kappa shape index (κ2) is 9.90. The summed E-state index contributed by atoms with van der Waals surface area (Å²) < 4.78 is 16.5. The molecule has 0 aliphatic rings. The van der Waals surface area contributed by atoms with Gasteiger partial charge in [0, 0.05) is 0 Å². The summed E-state index contributed by atoms with van der Waals surface area (Å²) in [6.45, 7) is 4.68. The van der Waals surface area contributed by atoms with Crippen LogP contribution in [0.25, 0.3) is 6.08 Å². The van der Waals surface area contributed by atoms with Crippen LogP contribution < -0.4 is 9.47 Å². The van der Waals surface area contributed by atoms with Crippen LogP contribution in [0.2, 0.25) is 0 Å². The molecule has 0 aliphatic heterocycles. The molecule has 1 aromatic rings. The van der Waals surface area contributed by atoms with Crippen LogP contribution in [0.1, 0.15) is 32.3 Å². The number of rotatable bonds is 8. The van der Waals surface area contributed by atoms with Crippen molar-refractivity contribution in [1.82, 2.24) is 0 Å².